The Morgan fingerprint density at radius 2 is 1.43 bits per heavy atom. The summed E-state index contributed by atoms with van der Waals surface area (Å²) < 4.78 is 11.6. The quantitative estimate of drug-likeness (QED) is 0.774. The van der Waals surface area contributed by atoms with Crippen molar-refractivity contribution in [1.82, 2.24) is 0 Å². The van der Waals surface area contributed by atoms with E-state index in [1.807, 2.05) is 0 Å². The van der Waals surface area contributed by atoms with Crippen molar-refractivity contribution in [1.29, 1.82) is 0 Å². The van der Waals surface area contributed by atoms with Gasteiger partial charge in [0.25, 0.3) is 0 Å². The molecule has 0 spiro atoms. The fraction of sp³-hybridized carbons (Fsp3) is 0.429. The molecule has 3 rings (SSSR count). The molecular weight excluding hydrogens is 284 g/mol. The molecule has 0 radical (unpaired) electrons. The average molecular weight is 310 g/mol. The lowest BCUT2D eigenvalue weighted by Crippen LogP contribution is -2.32. The average Bonchev–Trinajstić information content (AvgIpc) is 2.61. The molecule has 23 heavy (non-hydrogen) atoms. The molecule has 0 N–H and O–H groups in total. The van der Waals surface area contributed by atoms with Crippen molar-refractivity contribution in [2.45, 2.75) is 39.4 Å². The summed E-state index contributed by atoms with van der Waals surface area (Å²) in [6.07, 6.45) is 3.03. The summed E-state index contributed by atoms with van der Waals surface area (Å²) >= 11 is 0. The highest BCUT2D eigenvalue weighted by Gasteiger charge is 2.20. The number of benzene rings is 2. The molecule has 1 saturated heterocycles. The SMILES string of the molecule is CCC1COC(CCc2ccc(-c3ccc(C)cc3)cc2)OC1. The number of rotatable bonds is 5. The largest absolute Gasteiger partial charge is 0.352 e. The molecule has 0 amide bonds. The van der Waals surface area contributed by atoms with Gasteiger partial charge in [-0.3, -0.25) is 0 Å². The Morgan fingerprint density at radius 1 is 0.870 bits per heavy atom. The number of hydrogen-bond donors (Lipinski definition) is 0. The first-order valence-electron chi connectivity index (χ1n) is 8.64. The van der Waals surface area contributed by atoms with E-state index >= 15 is 0 Å². The van der Waals surface area contributed by atoms with Gasteiger partial charge in [-0.05, 0) is 36.5 Å². The van der Waals surface area contributed by atoms with Crippen LogP contribution in [-0.2, 0) is 15.9 Å². The number of aryl methyl sites for hydroxylation is 2. The minimum absolute atomic E-state index is 0.0328. The first kappa shape index (κ1) is 16.2. The lowest BCUT2D eigenvalue weighted by molar-refractivity contribution is -0.202. The van der Waals surface area contributed by atoms with E-state index in [0.29, 0.717) is 5.92 Å². The van der Waals surface area contributed by atoms with Crippen LogP contribution in [0.1, 0.15) is 30.9 Å². The van der Waals surface area contributed by atoms with Gasteiger partial charge in [-0.15, -0.1) is 0 Å². The van der Waals surface area contributed by atoms with Crippen LogP contribution in [0, 0.1) is 12.8 Å². The summed E-state index contributed by atoms with van der Waals surface area (Å²) in [7, 11) is 0. The van der Waals surface area contributed by atoms with Gasteiger partial charge in [-0.1, -0.05) is 61.0 Å². The summed E-state index contributed by atoms with van der Waals surface area (Å²) in [5.41, 5.74) is 5.17. The lowest BCUT2D eigenvalue weighted by Gasteiger charge is -2.28. The zero-order valence-corrected chi connectivity index (χ0v) is 14.1. The molecule has 122 valence electrons. The van der Waals surface area contributed by atoms with E-state index in [1.54, 1.807) is 0 Å². The second-order valence-electron chi connectivity index (χ2n) is 6.47. The zero-order chi connectivity index (χ0) is 16.1. The van der Waals surface area contributed by atoms with Crippen molar-refractivity contribution in [2.75, 3.05) is 13.2 Å². The molecule has 1 aliphatic heterocycles. The molecule has 0 atom stereocenters. The minimum Gasteiger partial charge on any atom is -0.352 e. The topological polar surface area (TPSA) is 18.5 Å². The van der Waals surface area contributed by atoms with Gasteiger partial charge in [-0.25, -0.2) is 0 Å². The van der Waals surface area contributed by atoms with Crippen molar-refractivity contribution in [3.05, 3.63) is 59.7 Å². The highest BCUT2D eigenvalue weighted by Crippen LogP contribution is 2.22. The van der Waals surface area contributed by atoms with Crippen molar-refractivity contribution >= 4 is 0 Å². The molecule has 2 aromatic carbocycles. The van der Waals surface area contributed by atoms with Gasteiger partial charge < -0.3 is 9.47 Å². The van der Waals surface area contributed by atoms with Crippen LogP contribution in [-0.4, -0.2) is 19.5 Å². The van der Waals surface area contributed by atoms with Gasteiger partial charge >= 0.3 is 0 Å². The van der Waals surface area contributed by atoms with Crippen LogP contribution in [0.3, 0.4) is 0 Å². The van der Waals surface area contributed by atoms with Gasteiger partial charge in [0.05, 0.1) is 13.2 Å². The molecule has 0 bridgehead atoms. The second kappa shape index (κ2) is 7.76. The molecule has 0 aliphatic carbocycles. The summed E-state index contributed by atoms with van der Waals surface area (Å²) in [4.78, 5) is 0. The maximum absolute atomic E-state index is 5.79. The fourth-order valence-corrected chi connectivity index (χ4v) is 2.88. The van der Waals surface area contributed by atoms with Gasteiger partial charge in [0.2, 0.25) is 0 Å². The van der Waals surface area contributed by atoms with Gasteiger partial charge in [0.1, 0.15) is 0 Å². The molecule has 0 unspecified atom stereocenters. The van der Waals surface area contributed by atoms with E-state index in [-0.39, 0.29) is 6.29 Å². The number of ether oxygens (including phenoxy) is 2. The van der Waals surface area contributed by atoms with Crippen LogP contribution in [0.2, 0.25) is 0 Å². The summed E-state index contributed by atoms with van der Waals surface area (Å²) in [6, 6.07) is 17.5. The molecule has 1 aliphatic rings. The van der Waals surface area contributed by atoms with Gasteiger partial charge in [-0.2, -0.15) is 0 Å². The molecule has 0 saturated carbocycles. The maximum Gasteiger partial charge on any atom is 0.157 e. The minimum atomic E-state index is -0.0328. The lowest BCUT2D eigenvalue weighted by atomic mass is 10.0. The van der Waals surface area contributed by atoms with Crippen molar-refractivity contribution in [2.24, 2.45) is 5.92 Å². The van der Waals surface area contributed by atoms with Crippen LogP contribution in [0.5, 0.6) is 0 Å². The molecule has 2 nitrogen and oxygen atoms in total. The van der Waals surface area contributed by atoms with E-state index in [0.717, 1.165) is 32.5 Å². The third-order valence-corrected chi connectivity index (χ3v) is 4.62. The molecule has 2 heteroatoms. The van der Waals surface area contributed by atoms with E-state index in [9.17, 15) is 0 Å². The Morgan fingerprint density at radius 3 is 2.00 bits per heavy atom. The van der Waals surface area contributed by atoms with Crippen LogP contribution >= 0.6 is 0 Å². The Labute approximate surface area is 139 Å². The Hall–Kier alpha value is -1.64. The zero-order valence-electron chi connectivity index (χ0n) is 14.1. The standard InChI is InChI=1S/C21H26O2/c1-3-17-14-22-21(23-15-17)13-8-18-6-11-20(12-7-18)19-9-4-16(2)5-10-19/h4-7,9-12,17,21H,3,8,13-15H2,1-2H3. The van der Waals surface area contributed by atoms with Crippen LogP contribution in [0.25, 0.3) is 11.1 Å². The van der Waals surface area contributed by atoms with Gasteiger partial charge in [0, 0.05) is 12.3 Å². The number of hydrogen-bond acceptors (Lipinski definition) is 2. The second-order valence-corrected chi connectivity index (χ2v) is 6.47. The summed E-state index contributed by atoms with van der Waals surface area (Å²) in [5.74, 6) is 0.569. The van der Waals surface area contributed by atoms with Crippen molar-refractivity contribution < 1.29 is 9.47 Å². The summed E-state index contributed by atoms with van der Waals surface area (Å²) in [6.45, 7) is 5.99. The molecule has 1 heterocycles. The molecule has 2 aromatic rings. The van der Waals surface area contributed by atoms with Crippen LogP contribution in [0.4, 0.5) is 0 Å². The predicted molar refractivity (Wildman–Crippen MR) is 94.4 cm³/mol. The monoisotopic (exact) mass is 310 g/mol. The highest BCUT2D eigenvalue weighted by atomic mass is 16.7. The first-order chi connectivity index (χ1) is 11.2. The van der Waals surface area contributed by atoms with E-state index in [1.165, 1.54) is 22.3 Å². The smallest absolute Gasteiger partial charge is 0.157 e. The molecule has 1 fully saturated rings. The Kier molecular flexibility index (Phi) is 5.47. The molecular formula is C21H26O2. The Bertz CT molecular complexity index is 593. The third kappa shape index (κ3) is 4.43. The Balaban J connectivity index is 1.53. The highest BCUT2D eigenvalue weighted by molar-refractivity contribution is 5.63. The van der Waals surface area contributed by atoms with Crippen LogP contribution in [0.15, 0.2) is 48.5 Å². The van der Waals surface area contributed by atoms with Crippen LogP contribution < -0.4 is 0 Å². The molecule has 0 aromatic heterocycles. The maximum atomic E-state index is 5.79. The normalized spacial score (nSPS) is 21.3. The summed E-state index contributed by atoms with van der Waals surface area (Å²) in [5, 5.41) is 0. The van der Waals surface area contributed by atoms with E-state index in [2.05, 4.69) is 62.4 Å². The first-order valence-corrected chi connectivity index (χ1v) is 8.64. The predicted octanol–water partition coefficient (Wildman–Crippen LogP) is 4.99. The fourth-order valence-electron chi connectivity index (χ4n) is 2.88. The van der Waals surface area contributed by atoms with E-state index < -0.39 is 0 Å². The van der Waals surface area contributed by atoms with Crippen molar-refractivity contribution in [3.8, 4) is 11.1 Å². The van der Waals surface area contributed by atoms with E-state index in [4.69, 9.17) is 9.47 Å². The third-order valence-electron chi connectivity index (χ3n) is 4.62. The van der Waals surface area contributed by atoms with Gasteiger partial charge in [0.15, 0.2) is 6.29 Å². The van der Waals surface area contributed by atoms with Crippen molar-refractivity contribution in [3.63, 3.8) is 0 Å².